The maximum absolute atomic E-state index is 13.5. The number of rotatable bonds is 4. The molecule has 0 saturated carbocycles. The van der Waals surface area contributed by atoms with Crippen LogP contribution >= 0.6 is 27.3 Å². The number of esters is 1. The van der Waals surface area contributed by atoms with Crippen LogP contribution < -0.4 is 5.32 Å². The number of anilines is 1. The molecular weight excluding hydrogens is 361 g/mol. The van der Waals surface area contributed by atoms with Gasteiger partial charge in [-0.3, -0.25) is 4.79 Å². The molecule has 0 bridgehead atoms. The number of carbonyl (C=O) groups excluding carboxylic acids is 2. The molecule has 0 aliphatic carbocycles. The molecule has 1 heterocycles. The molecule has 0 aliphatic rings. The summed E-state index contributed by atoms with van der Waals surface area (Å²) in [6, 6.07) is 6.04. The fourth-order valence-electron chi connectivity index (χ4n) is 1.56. The molecule has 2 aromatic rings. The number of thiophene rings is 1. The largest absolute Gasteiger partial charge is 0.451 e. The molecule has 1 amide bonds. The molecule has 0 fully saturated rings. The highest BCUT2D eigenvalue weighted by Gasteiger charge is 2.14. The second-order valence-corrected chi connectivity index (χ2v) is 6.01. The third-order valence-electron chi connectivity index (χ3n) is 2.59. The van der Waals surface area contributed by atoms with Crippen molar-refractivity contribution < 1.29 is 18.7 Å². The molecule has 1 aromatic heterocycles. The Morgan fingerprint density at radius 2 is 2.14 bits per heavy atom. The monoisotopic (exact) mass is 371 g/mol. The van der Waals surface area contributed by atoms with Crippen LogP contribution in [0.2, 0.25) is 0 Å². The van der Waals surface area contributed by atoms with Gasteiger partial charge in [-0.1, -0.05) is 15.9 Å². The highest BCUT2D eigenvalue weighted by atomic mass is 79.9. The summed E-state index contributed by atoms with van der Waals surface area (Å²) in [6.07, 6.45) is 0. The van der Waals surface area contributed by atoms with E-state index in [1.807, 2.05) is 0 Å². The number of hydrogen-bond donors (Lipinski definition) is 1. The van der Waals surface area contributed by atoms with Crippen molar-refractivity contribution in [1.82, 2.24) is 0 Å². The first-order valence-corrected chi connectivity index (χ1v) is 7.61. The number of amides is 1. The van der Waals surface area contributed by atoms with Crippen molar-refractivity contribution >= 4 is 44.8 Å². The predicted octanol–water partition coefficient (Wildman–Crippen LogP) is 3.75. The van der Waals surface area contributed by atoms with Crippen molar-refractivity contribution in [2.45, 2.75) is 6.92 Å². The number of hydrogen-bond acceptors (Lipinski definition) is 4. The van der Waals surface area contributed by atoms with Crippen LogP contribution in [-0.2, 0) is 9.53 Å². The molecule has 2 rings (SSSR count). The molecule has 0 aliphatic heterocycles. The fourth-order valence-corrected chi connectivity index (χ4v) is 2.71. The van der Waals surface area contributed by atoms with Gasteiger partial charge in [0.15, 0.2) is 6.61 Å². The van der Waals surface area contributed by atoms with Crippen LogP contribution in [0.3, 0.4) is 0 Å². The molecule has 110 valence electrons. The minimum Gasteiger partial charge on any atom is -0.451 e. The first-order valence-electron chi connectivity index (χ1n) is 5.93. The maximum Gasteiger partial charge on any atom is 0.349 e. The number of aryl methyl sites for hydroxylation is 1. The topological polar surface area (TPSA) is 55.4 Å². The van der Waals surface area contributed by atoms with Gasteiger partial charge in [-0.2, -0.15) is 0 Å². The average molecular weight is 372 g/mol. The lowest BCUT2D eigenvalue weighted by molar-refractivity contribution is -0.119. The van der Waals surface area contributed by atoms with Crippen LogP contribution in [0.25, 0.3) is 0 Å². The summed E-state index contributed by atoms with van der Waals surface area (Å²) in [5.74, 6) is -1.73. The first kappa shape index (κ1) is 15.7. The van der Waals surface area contributed by atoms with Gasteiger partial charge < -0.3 is 10.1 Å². The Hall–Kier alpha value is -1.73. The average Bonchev–Trinajstić information content (AvgIpc) is 2.85. The quantitative estimate of drug-likeness (QED) is 0.832. The van der Waals surface area contributed by atoms with E-state index in [1.165, 1.54) is 23.5 Å². The summed E-state index contributed by atoms with van der Waals surface area (Å²) < 4.78 is 19.0. The van der Waals surface area contributed by atoms with Crippen molar-refractivity contribution in [2.24, 2.45) is 0 Å². The molecule has 0 atom stereocenters. The third-order valence-corrected chi connectivity index (χ3v) is 4.08. The molecule has 1 N–H and O–H groups in total. The third kappa shape index (κ3) is 4.12. The zero-order chi connectivity index (χ0) is 15.4. The molecule has 0 spiro atoms. The normalized spacial score (nSPS) is 10.2. The summed E-state index contributed by atoms with van der Waals surface area (Å²) in [6.45, 7) is 1.32. The summed E-state index contributed by atoms with van der Waals surface area (Å²) in [4.78, 5) is 23.8. The van der Waals surface area contributed by atoms with Gasteiger partial charge in [-0.25, -0.2) is 9.18 Å². The van der Waals surface area contributed by atoms with Crippen molar-refractivity contribution in [3.8, 4) is 0 Å². The van der Waals surface area contributed by atoms with E-state index in [0.717, 1.165) is 5.56 Å². The Morgan fingerprint density at radius 1 is 1.38 bits per heavy atom. The fraction of sp³-hybridized carbons (Fsp3) is 0.143. The van der Waals surface area contributed by atoms with Crippen LogP contribution in [0, 0.1) is 12.7 Å². The van der Waals surface area contributed by atoms with E-state index >= 15 is 0 Å². The van der Waals surface area contributed by atoms with Crippen molar-refractivity contribution in [3.05, 3.63) is 50.4 Å². The van der Waals surface area contributed by atoms with Gasteiger partial charge in [0.1, 0.15) is 10.7 Å². The van der Waals surface area contributed by atoms with Crippen LogP contribution in [0.15, 0.2) is 34.1 Å². The van der Waals surface area contributed by atoms with Crippen LogP contribution in [0.4, 0.5) is 10.1 Å². The van der Waals surface area contributed by atoms with Gasteiger partial charge in [0.2, 0.25) is 0 Å². The molecule has 4 nitrogen and oxygen atoms in total. The zero-order valence-corrected chi connectivity index (χ0v) is 13.4. The summed E-state index contributed by atoms with van der Waals surface area (Å²) in [5, 5.41) is 4.11. The van der Waals surface area contributed by atoms with E-state index in [9.17, 15) is 14.0 Å². The highest BCUT2D eigenvalue weighted by molar-refractivity contribution is 9.10. The summed E-state index contributed by atoms with van der Waals surface area (Å²) >= 11 is 4.37. The Morgan fingerprint density at radius 3 is 2.76 bits per heavy atom. The molecule has 0 unspecified atom stereocenters. The van der Waals surface area contributed by atoms with Crippen LogP contribution in [-0.4, -0.2) is 18.5 Å². The van der Waals surface area contributed by atoms with E-state index < -0.39 is 24.3 Å². The van der Waals surface area contributed by atoms with E-state index in [0.29, 0.717) is 9.35 Å². The summed E-state index contributed by atoms with van der Waals surface area (Å²) in [5.41, 5.74) is 0.830. The number of halogens is 2. The van der Waals surface area contributed by atoms with E-state index in [4.69, 9.17) is 4.74 Å². The molecule has 1 aromatic carbocycles. The molecule has 7 heteroatoms. The van der Waals surface area contributed by atoms with Gasteiger partial charge in [0.25, 0.3) is 5.91 Å². The van der Waals surface area contributed by atoms with E-state index in [-0.39, 0.29) is 5.69 Å². The Bertz CT molecular complexity index is 687. The maximum atomic E-state index is 13.5. The Kier molecular flexibility index (Phi) is 5.08. The lowest BCUT2D eigenvalue weighted by Gasteiger charge is -2.07. The molecule has 0 radical (unpaired) electrons. The number of carbonyl (C=O) groups is 2. The SMILES string of the molecule is Cc1ccsc1C(=O)OCC(=O)Nc1ccc(Br)cc1F. The second-order valence-electron chi connectivity index (χ2n) is 4.18. The number of nitrogens with one attached hydrogen (secondary N) is 1. The molecule has 0 saturated heterocycles. The summed E-state index contributed by atoms with van der Waals surface area (Å²) in [7, 11) is 0. The van der Waals surface area contributed by atoms with Crippen molar-refractivity contribution in [3.63, 3.8) is 0 Å². The molecule has 21 heavy (non-hydrogen) atoms. The molecular formula is C14H11BrFNO3S. The first-order chi connectivity index (χ1) is 9.97. The Balaban J connectivity index is 1.90. The van der Waals surface area contributed by atoms with Gasteiger partial charge >= 0.3 is 5.97 Å². The van der Waals surface area contributed by atoms with Gasteiger partial charge in [-0.15, -0.1) is 11.3 Å². The van der Waals surface area contributed by atoms with Gasteiger partial charge in [0, 0.05) is 4.47 Å². The van der Waals surface area contributed by atoms with Crippen LogP contribution in [0.1, 0.15) is 15.2 Å². The number of benzene rings is 1. The Labute approximate surface area is 133 Å². The number of ether oxygens (including phenoxy) is 1. The zero-order valence-electron chi connectivity index (χ0n) is 11.0. The van der Waals surface area contributed by atoms with Gasteiger partial charge in [-0.05, 0) is 42.1 Å². The lowest BCUT2D eigenvalue weighted by Crippen LogP contribution is -2.21. The van der Waals surface area contributed by atoms with Crippen LogP contribution in [0.5, 0.6) is 0 Å². The minimum absolute atomic E-state index is 0.0338. The minimum atomic E-state index is -0.598. The highest BCUT2D eigenvalue weighted by Crippen LogP contribution is 2.19. The van der Waals surface area contributed by atoms with Gasteiger partial charge in [0.05, 0.1) is 5.69 Å². The standard InChI is InChI=1S/C14H11BrFNO3S/c1-8-4-5-21-13(8)14(19)20-7-12(18)17-11-3-2-9(15)6-10(11)16/h2-6H,7H2,1H3,(H,17,18). The van der Waals surface area contributed by atoms with E-state index in [2.05, 4.69) is 21.2 Å². The second kappa shape index (κ2) is 6.82. The smallest absolute Gasteiger partial charge is 0.349 e. The van der Waals surface area contributed by atoms with E-state index in [1.54, 1.807) is 24.4 Å². The lowest BCUT2D eigenvalue weighted by atomic mass is 10.3. The van der Waals surface area contributed by atoms with Crippen molar-refractivity contribution in [1.29, 1.82) is 0 Å². The predicted molar refractivity (Wildman–Crippen MR) is 82.1 cm³/mol. The van der Waals surface area contributed by atoms with Crippen molar-refractivity contribution in [2.75, 3.05) is 11.9 Å².